The summed E-state index contributed by atoms with van der Waals surface area (Å²) >= 11 is 0. The summed E-state index contributed by atoms with van der Waals surface area (Å²) in [6.45, 7) is 9.66. The molecule has 0 aromatic carbocycles. The summed E-state index contributed by atoms with van der Waals surface area (Å²) in [6, 6.07) is 0.912. The Morgan fingerprint density at radius 1 is 1.50 bits per heavy atom. The molecule has 2 N–H and O–H groups in total. The van der Waals surface area contributed by atoms with Gasteiger partial charge in [0.15, 0.2) is 0 Å². The Hall–Kier alpha value is -0.120. The Labute approximate surface area is 86.6 Å². The van der Waals surface area contributed by atoms with Crippen LogP contribution in [0, 0.1) is 5.41 Å². The van der Waals surface area contributed by atoms with Crippen molar-refractivity contribution in [1.82, 2.24) is 4.90 Å². The number of morpholine rings is 1. The van der Waals surface area contributed by atoms with Gasteiger partial charge >= 0.3 is 0 Å². The monoisotopic (exact) mass is 198 g/mol. The van der Waals surface area contributed by atoms with Crippen LogP contribution in [-0.4, -0.2) is 42.8 Å². The van der Waals surface area contributed by atoms with Gasteiger partial charge in [-0.25, -0.2) is 0 Å². The second-order valence-corrected chi connectivity index (χ2v) is 5.77. The van der Waals surface area contributed by atoms with Gasteiger partial charge in [-0.05, 0) is 11.8 Å². The smallest absolute Gasteiger partial charge is 0.0718 e. The third kappa shape index (κ3) is 1.95. The first-order chi connectivity index (χ1) is 6.47. The molecule has 2 fully saturated rings. The maximum absolute atomic E-state index is 6.18. The Bertz CT molecular complexity index is 212. The van der Waals surface area contributed by atoms with Gasteiger partial charge in [-0.1, -0.05) is 20.8 Å². The van der Waals surface area contributed by atoms with Crippen molar-refractivity contribution in [1.29, 1.82) is 0 Å². The number of ether oxygens (including phenoxy) is 1. The summed E-state index contributed by atoms with van der Waals surface area (Å²) in [5.74, 6) is 0. The van der Waals surface area contributed by atoms with Crippen LogP contribution in [-0.2, 0) is 4.74 Å². The van der Waals surface area contributed by atoms with Crippen LogP contribution >= 0.6 is 0 Å². The maximum atomic E-state index is 6.18. The normalized spacial score (nSPS) is 35.1. The lowest BCUT2D eigenvalue weighted by atomic mass is 9.87. The van der Waals surface area contributed by atoms with Crippen molar-refractivity contribution in [2.45, 2.75) is 45.4 Å². The van der Waals surface area contributed by atoms with E-state index in [2.05, 4.69) is 25.7 Å². The fourth-order valence-electron chi connectivity index (χ4n) is 2.23. The van der Waals surface area contributed by atoms with Gasteiger partial charge in [0.2, 0.25) is 0 Å². The fourth-order valence-corrected chi connectivity index (χ4v) is 2.23. The number of likely N-dealkylation sites (tertiary alicyclic amines) is 1. The van der Waals surface area contributed by atoms with Gasteiger partial charge in [0.1, 0.15) is 0 Å². The van der Waals surface area contributed by atoms with E-state index >= 15 is 0 Å². The standard InChI is InChI=1S/C11H22N2O/c1-11(2,3)10(12)6-13-5-9-4-8(13)7-14-9/h8-10H,4-7,12H2,1-3H3/t8?,9?,10-/m0/s1. The van der Waals surface area contributed by atoms with Gasteiger partial charge in [0, 0.05) is 25.2 Å². The molecule has 3 heteroatoms. The SMILES string of the molecule is CC(C)(C)[C@@H](N)CN1CC2CC1CO2. The average Bonchev–Trinajstić information content (AvgIpc) is 2.62. The van der Waals surface area contributed by atoms with Crippen LogP contribution in [0.5, 0.6) is 0 Å². The average molecular weight is 198 g/mol. The minimum Gasteiger partial charge on any atom is -0.375 e. The lowest BCUT2D eigenvalue weighted by molar-refractivity contribution is 0.0234. The van der Waals surface area contributed by atoms with Crippen LogP contribution in [0.25, 0.3) is 0 Å². The summed E-state index contributed by atoms with van der Waals surface area (Å²) in [5.41, 5.74) is 6.39. The molecule has 2 unspecified atom stereocenters. The quantitative estimate of drug-likeness (QED) is 0.714. The summed E-state index contributed by atoms with van der Waals surface area (Å²) < 4.78 is 5.57. The van der Waals surface area contributed by atoms with Crippen molar-refractivity contribution in [3.05, 3.63) is 0 Å². The highest BCUT2D eigenvalue weighted by molar-refractivity contribution is 4.94. The Morgan fingerprint density at radius 2 is 2.21 bits per heavy atom. The van der Waals surface area contributed by atoms with Crippen molar-refractivity contribution in [3.8, 4) is 0 Å². The molecule has 3 atom stereocenters. The third-order valence-corrected chi connectivity index (χ3v) is 3.56. The summed E-state index contributed by atoms with van der Waals surface area (Å²) in [6.07, 6.45) is 1.71. The molecule has 82 valence electrons. The molecular weight excluding hydrogens is 176 g/mol. The fraction of sp³-hybridized carbons (Fsp3) is 1.00. The van der Waals surface area contributed by atoms with Crippen LogP contribution < -0.4 is 5.73 Å². The van der Waals surface area contributed by atoms with Crippen LogP contribution in [0.3, 0.4) is 0 Å². The van der Waals surface area contributed by atoms with E-state index in [9.17, 15) is 0 Å². The maximum Gasteiger partial charge on any atom is 0.0718 e. The molecule has 3 nitrogen and oxygen atoms in total. The molecule has 2 saturated heterocycles. The van der Waals surface area contributed by atoms with Crippen LogP contribution in [0.2, 0.25) is 0 Å². The Balaban J connectivity index is 1.87. The van der Waals surface area contributed by atoms with Crippen molar-refractivity contribution in [2.75, 3.05) is 19.7 Å². The number of nitrogens with two attached hydrogens (primary N) is 1. The predicted octanol–water partition coefficient (Wildman–Crippen LogP) is 0.833. The first-order valence-corrected chi connectivity index (χ1v) is 5.58. The summed E-state index contributed by atoms with van der Waals surface area (Å²) in [7, 11) is 0. The molecular formula is C11H22N2O. The second kappa shape index (κ2) is 3.47. The van der Waals surface area contributed by atoms with Gasteiger partial charge in [0.05, 0.1) is 12.7 Å². The molecule has 0 radical (unpaired) electrons. The van der Waals surface area contributed by atoms with E-state index < -0.39 is 0 Å². The first kappa shape index (κ1) is 10.4. The number of rotatable bonds is 2. The lowest BCUT2D eigenvalue weighted by Gasteiger charge is -2.34. The second-order valence-electron chi connectivity index (χ2n) is 5.77. The van der Waals surface area contributed by atoms with Crippen LogP contribution in [0.1, 0.15) is 27.2 Å². The number of hydrogen-bond acceptors (Lipinski definition) is 3. The molecule has 0 aliphatic carbocycles. The van der Waals surface area contributed by atoms with E-state index in [0.717, 1.165) is 19.7 Å². The molecule has 0 saturated carbocycles. The number of nitrogens with zero attached hydrogens (tertiary/aromatic N) is 1. The number of fused-ring (bicyclic) bond motifs is 2. The third-order valence-electron chi connectivity index (χ3n) is 3.56. The molecule has 2 rings (SSSR count). The molecule has 0 aromatic rings. The zero-order valence-electron chi connectivity index (χ0n) is 9.49. The molecule has 2 bridgehead atoms. The van der Waals surface area contributed by atoms with Crippen molar-refractivity contribution in [3.63, 3.8) is 0 Å². The Morgan fingerprint density at radius 3 is 2.64 bits per heavy atom. The van der Waals surface area contributed by atoms with Gasteiger partial charge in [-0.2, -0.15) is 0 Å². The van der Waals surface area contributed by atoms with Crippen LogP contribution in [0.4, 0.5) is 0 Å². The zero-order valence-corrected chi connectivity index (χ0v) is 9.49. The van der Waals surface area contributed by atoms with Crippen molar-refractivity contribution < 1.29 is 4.74 Å². The van der Waals surface area contributed by atoms with Crippen LogP contribution in [0.15, 0.2) is 0 Å². The van der Waals surface area contributed by atoms with Gasteiger partial charge in [0.25, 0.3) is 0 Å². The van der Waals surface area contributed by atoms with E-state index in [1.165, 1.54) is 6.42 Å². The Kier molecular flexibility index (Phi) is 2.58. The van der Waals surface area contributed by atoms with E-state index in [0.29, 0.717) is 12.1 Å². The minimum atomic E-state index is 0.211. The molecule has 2 aliphatic heterocycles. The minimum absolute atomic E-state index is 0.211. The molecule has 2 aliphatic rings. The molecule has 0 spiro atoms. The van der Waals surface area contributed by atoms with E-state index in [1.807, 2.05) is 0 Å². The van der Waals surface area contributed by atoms with Gasteiger partial charge in [-0.3, -0.25) is 4.90 Å². The molecule has 14 heavy (non-hydrogen) atoms. The predicted molar refractivity (Wildman–Crippen MR) is 57.1 cm³/mol. The first-order valence-electron chi connectivity index (χ1n) is 5.58. The highest BCUT2D eigenvalue weighted by Gasteiger charge is 2.40. The topological polar surface area (TPSA) is 38.5 Å². The zero-order chi connectivity index (χ0) is 10.3. The molecule has 0 amide bonds. The largest absolute Gasteiger partial charge is 0.375 e. The van der Waals surface area contributed by atoms with Gasteiger partial charge < -0.3 is 10.5 Å². The van der Waals surface area contributed by atoms with E-state index in [4.69, 9.17) is 10.5 Å². The highest BCUT2D eigenvalue weighted by atomic mass is 16.5. The highest BCUT2D eigenvalue weighted by Crippen LogP contribution is 2.29. The van der Waals surface area contributed by atoms with Crippen molar-refractivity contribution >= 4 is 0 Å². The summed E-state index contributed by atoms with van der Waals surface area (Å²) in [5, 5.41) is 0. The lowest BCUT2D eigenvalue weighted by Crippen LogP contribution is -2.49. The van der Waals surface area contributed by atoms with Gasteiger partial charge in [-0.15, -0.1) is 0 Å². The number of hydrogen-bond donors (Lipinski definition) is 1. The van der Waals surface area contributed by atoms with Crippen molar-refractivity contribution in [2.24, 2.45) is 11.1 Å². The van der Waals surface area contributed by atoms with E-state index in [-0.39, 0.29) is 11.5 Å². The van der Waals surface area contributed by atoms with E-state index in [1.54, 1.807) is 0 Å². The molecule has 2 heterocycles. The summed E-state index contributed by atoms with van der Waals surface area (Å²) in [4.78, 5) is 2.50. The molecule has 0 aromatic heterocycles.